The Labute approximate surface area is 250 Å². The zero-order valence-electron chi connectivity index (χ0n) is 22.0. The van der Waals surface area contributed by atoms with Crippen LogP contribution in [0.4, 0.5) is 22.7 Å². The summed E-state index contributed by atoms with van der Waals surface area (Å²) in [5.74, 6) is -1.43. The third kappa shape index (κ3) is 8.57. The lowest BCUT2D eigenvalue weighted by Crippen LogP contribution is -2.10. The summed E-state index contributed by atoms with van der Waals surface area (Å²) in [6.45, 7) is 0. The molecule has 0 radical (unpaired) electrons. The Morgan fingerprint density at radius 3 is 0.711 bits per heavy atom. The summed E-state index contributed by atoms with van der Waals surface area (Å²) >= 11 is 0. The van der Waals surface area contributed by atoms with Crippen molar-refractivity contribution in [3.05, 3.63) is 138 Å². The third-order valence-electron chi connectivity index (χ3n) is 5.26. The average molecular weight is 662 g/mol. The minimum Gasteiger partial charge on any atom is -0.395 e. The molecule has 0 aliphatic rings. The summed E-state index contributed by atoms with van der Waals surface area (Å²) in [6, 6.07) is 15.9. The zero-order chi connectivity index (χ0) is 32.8. The van der Waals surface area contributed by atoms with Crippen molar-refractivity contribution in [1.82, 2.24) is 0 Å². The summed E-state index contributed by atoms with van der Waals surface area (Å²) < 4.78 is 54.6. The van der Waals surface area contributed by atoms with E-state index in [9.17, 15) is 49.6 Å². The number of nitro benzene ring substituents is 4. The second-order valence-corrected chi connectivity index (χ2v) is 11.5. The largest absolute Gasteiger partial charge is 0.598 e. The van der Waals surface area contributed by atoms with Gasteiger partial charge in [0.25, 0.3) is 22.7 Å². The SMILES string of the molecule is O=[N+]([O-])c1ccc(OP(=O)(Oc2ccc([N+](=O)[O-])cc2)OP(=O)(Oc2ccc([N+](=O)[O-])cc2)Oc2ccc([N+](=O)[O-])cc2)cc1. The minimum absolute atomic E-state index is 0.358. The molecular weight excluding hydrogens is 646 g/mol. The van der Waals surface area contributed by atoms with Crippen LogP contribution in [0.15, 0.2) is 97.1 Å². The average Bonchev–Trinajstić information content (AvgIpc) is 2.97. The molecule has 0 spiro atoms. The van der Waals surface area contributed by atoms with Gasteiger partial charge in [-0.25, -0.2) is 9.13 Å². The quantitative estimate of drug-likeness (QED) is 0.0736. The van der Waals surface area contributed by atoms with E-state index in [1.54, 1.807) is 0 Å². The topological polar surface area (TPSA) is 253 Å². The van der Waals surface area contributed by atoms with Crippen molar-refractivity contribution < 1.29 is 51.2 Å². The fourth-order valence-corrected chi connectivity index (χ4v) is 6.36. The van der Waals surface area contributed by atoms with E-state index in [1.165, 1.54) is 0 Å². The molecule has 4 rings (SSSR count). The summed E-state index contributed by atoms with van der Waals surface area (Å²) in [7, 11) is -10.5. The molecule has 0 aromatic heterocycles. The molecule has 0 saturated heterocycles. The van der Waals surface area contributed by atoms with Crippen LogP contribution in [0.25, 0.3) is 0 Å². The van der Waals surface area contributed by atoms with E-state index in [0.717, 1.165) is 97.1 Å². The van der Waals surface area contributed by atoms with Crippen LogP contribution in [0.1, 0.15) is 0 Å². The zero-order valence-corrected chi connectivity index (χ0v) is 23.8. The number of rotatable bonds is 14. The molecule has 4 aromatic rings. The molecule has 0 N–H and O–H groups in total. The number of benzene rings is 4. The van der Waals surface area contributed by atoms with Crippen molar-refractivity contribution in [2.75, 3.05) is 0 Å². The Balaban J connectivity index is 1.74. The predicted molar refractivity (Wildman–Crippen MR) is 151 cm³/mol. The van der Waals surface area contributed by atoms with E-state index in [0.29, 0.717) is 0 Å². The van der Waals surface area contributed by atoms with E-state index in [1.807, 2.05) is 0 Å². The molecule has 0 aliphatic carbocycles. The number of non-ortho nitro benzene ring substituents is 4. The normalized spacial score (nSPS) is 11.2. The molecule has 0 fully saturated rings. The number of phosphoric acid groups is 2. The van der Waals surface area contributed by atoms with Crippen molar-refractivity contribution in [3.8, 4) is 23.0 Å². The fraction of sp³-hybridized carbons (Fsp3) is 0. The lowest BCUT2D eigenvalue weighted by Gasteiger charge is -2.23. The van der Waals surface area contributed by atoms with E-state index in [2.05, 4.69) is 0 Å². The number of nitrogens with zero attached hydrogens (tertiary/aromatic N) is 4. The second-order valence-electron chi connectivity index (χ2n) is 8.35. The van der Waals surface area contributed by atoms with Crippen molar-refractivity contribution in [2.24, 2.45) is 0 Å². The molecule has 21 heteroatoms. The molecule has 0 saturated carbocycles. The fourth-order valence-electron chi connectivity index (χ4n) is 3.26. The Kier molecular flexibility index (Phi) is 9.37. The molecule has 0 atom stereocenters. The maximum absolute atomic E-state index is 14.0. The van der Waals surface area contributed by atoms with Gasteiger partial charge < -0.3 is 18.1 Å². The number of phosphoric ester groups is 2. The lowest BCUT2D eigenvalue weighted by molar-refractivity contribution is -0.385. The predicted octanol–water partition coefficient (Wildman–Crippen LogP) is 7.17. The van der Waals surface area contributed by atoms with Gasteiger partial charge >= 0.3 is 15.6 Å². The molecule has 0 unspecified atom stereocenters. The highest BCUT2D eigenvalue weighted by molar-refractivity contribution is 7.63. The van der Waals surface area contributed by atoms with Crippen molar-refractivity contribution in [1.29, 1.82) is 0 Å². The van der Waals surface area contributed by atoms with Crippen LogP contribution in [0.2, 0.25) is 0 Å². The first-order valence-electron chi connectivity index (χ1n) is 11.9. The van der Waals surface area contributed by atoms with Crippen LogP contribution in [0.5, 0.6) is 23.0 Å². The van der Waals surface area contributed by atoms with Gasteiger partial charge in [-0.1, -0.05) is 0 Å². The van der Waals surface area contributed by atoms with Crippen LogP contribution in [-0.2, 0) is 13.4 Å². The standard InChI is InChI=1S/C24H16N4O15P2/c29-25(30)17-1-9-21(10-2-17)39-44(37,40-22-11-3-18(4-12-22)26(31)32)43-45(38,41-23-13-5-19(6-14-23)27(33)34)42-24-15-7-20(8-16-24)28(35)36/h1-16H. The third-order valence-corrected chi connectivity index (χ3v) is 8.60. The smallest absolute Gasteiger partial charge is 0.395 e. The van der Waals surface area contributed by atoms with Crippen molar-refractivity contribution in [3.63, 3.8) is 0 Å². The molecular formula is C24H16N4O15P2. The van der Waals surface area contributed by atoms with Crippen LogP contribution in [-0.4, -0.2) is 19.7 Å². The van der Waals surface area contributed by atoms with Gasteiger partial charge in [-0.3, -0.25) is 40.5 Å². The Morgan fingerprint density at radius 2 is 0.556 bits per heavy atom. The van der Waals surface area contributed by atoms with E-state index in [4.69, 9.17) is 22.4 Å². The van der Waals surface area contributed by atoms with Gasteiger partial charge in [-0.15, -0.1) is 4.31 Å². The number of hydrogen-bond acceptors (Lipinski definition) is 15. The first-order valence-corrected chi connectivity index (χ1v) is 14.8. The van der Waals surface area contributed by atoms with Crippen molar-refractivity contribution >= 4 is 38.4 Å². The van der Waals surface area contributed by atoms with E-state index in [-0.39, 0.29) is 45.7 Å². The van der Waals surface area contributed by atoms with E-state index >= 15 is 0 Å². The van der Waals surface area contributed by atoms with E-state index < -0.39 is 35.3 Å². The van der Waals surface area contributed by atoms with Crippen molar-refractivity contribution in [2.45, 2.75) is 0 Å². The van der Waals surface area contributed by atoms with Crippen LogP contribution in [0.3, 0.4) is 0 Å². The van der Waals surface area contributed by atoms with Gasteiger partial charge in [-0.2, -0.15) is 0 Å². The molecule has 0 amide bonds. The first kappa shape index (κ1) is 32.0. The molecule has 0 bridgehead atoms. The maximum atomic E-state index is 14.0. The number of hydrogen-bond donors (Lipinski definition) is 0. The van der Waals surface area contributed by atoms with Crippen LogP contribution in [0, 0.1) is 40.5 Å². The Bertz CT molecular complexity index is 1570. The van der Waals surface area contributed by atoms with Crippen LogP contribution < -0.4 is 18.1 Å². The monoisotopic (exact) mass is 662 g/mol. The Hall–Kier alpha value is -5.90. The van der Waals surface area contributed by atoms with Gasteiger partial charge in [0, 0.05) is 48.5 Å². The highest BCUT2D eigenvalue weighted by Gasteiger charge is 2.46. The van der Waals surface area contributed by atoms with Gasteiger partial charge in [-0.05, 0) is 48.5 Å². The molecule has 19 nitrogen and oxygen atoms in total. The molecule has 45 heavy (non-hydrogen) atoms. The molecule has 0 heterocycles. The van der Waals surface area contributed by atoms with Gasteiger partial charge in [0.1, 0.15) is 23.0 Å². The summed E-state index contributed by atoms with van der Waals surface area (Å²) in [5.41, 5.74) is -1.49. The van der Waals surface area contributed by atoms with Crippen LogP contribution >= 0.6 is 15.6 Å². The molecule has 4 aromatic carbocycles. The lowest BCUT2D eigenvalue weighted by atomic mass is 10.3. The first-order chi connectivity index (χ1) is 21.2. The Morgan fingerprint density at radius 1 is 0.378 bits per heavy atom. The van der Waals surface area contributed by atoms with Gasteiger partial charge in [0.15, 0.2) is 0 Å². The highest BCUT2D eigenvalue weighted by Crippen LogP contribution is 2.64. The second kappa shape index (κ2) is 13.2. The molecule has 0 aliphatic heterocycles. The molecule has 232 valence electrons. The summed E-state index contributed by atoms with van der Waals surface area (Å²) in [4.78, 5) is 41.2. The maximum Gasteiger partial charge on any atom is 0.598 e. The van der Waals surface area contributed by atoms with Gasteiger partial charge in [0.05, 0.1) is 19.7 Å². The minimum atomic E-state index is -5.26. The summed E-state index contributed by atoms with van der Waals surface area (Å²) in [5, 5.41) is 44.1. The highest BCUT2D eigenvalue weighted by atomic mass is 31.3. The number of nitro groups is 4. The van der Waals surface area contributed by atoms with Gasteiger partial charge in [0.2, 0.25) is 0 Å². The summed E-state index contributed by atoms with van der Waals surface area (Å²) in [6.07, 6.45) is 0.